The van der Waals surface area contributed by atoms with Crippen LogP contribution in [-0.2, 0) is 11.2 Å². The molecule has 1 unspecified atom stereocenters. The summed E-state index contributed by atoms with van der Waals surface area (Å²) in [6, 6.07) is 6.77. The van der Waals surface area contributed by atoms with Crippen LogP contribution in [0.5, 0.6) is 0 Å². The molecular formula is C19H29FN4O. The zero-order chi connectivity index (χ0) is 18.1. The van der Waals surface area contributed by atoms with Gasteiger partial charge in [0, 0.05) is 39.6 Å². The van der Waals surface area contributed by atoms with E-state index in [9.17, 15) is 9.18 Å². The van der Waals surface area contributed by atoms with Gasteiger partial charge in [0.2, 0.25) is 5.91 Å². The van der Waals surface area contributed by atoms with Gasteiger partial charge in [0.25, 0.3) is 0 Å². The molecule has 25 heavy (non-hydrogen) atoms. The Morgan fingerprint density at radius 2 is 2.08 bits per heavy atom. The monoisotopic (exact) mass is 348 g/mol. The first kappa shape index (κ1) is 19.2. The van der Waals surface area contributed by atoms with Crippen LogP contribution in [0.2, 0.25) is 0 Å². The van der Waals surface area contributed by atoms with Gasteiger partial charge in [-0.3, -0.25) is 9.79 Å². The Bertz CT molecular complexity index is 591. The minimum atomic E-state index is -0.186. The van der Waals surface area contributed by atoms with E-state index in [1.807, 2.05) is 11.0 Å². The molecule has 0 saturated carbocycles. The highest BCUT2D eigenvalue weighted by Crippen LogP contribution is 2.15. The van der Waals surface area contributed by atoms with Gasteiger partial charge in [-0.2, -0.15) is 0 Å². The molecule has 1 saturated heterocycles. The summed E-state index contributed by atoms with van der Waals surface area (Å²) in [4.78, 5) is 18.3. The maximum absolute atomic E-state index is 13.6. The van der Waals surface area contributed by atoms with Crippen LogP contribution in [-0.4, -0.2) is 50.0 Å². The maximum atomic E-state index is 13.6. The van der Waals surface area contributed by atoms with Crippen LogP contribution < -0.4 is 10.6 Å². The molecule has 6 heteroatoms. The van der Waals surface area contributed by atoms with Crippen LogP contribution in [0.15, 0.2) is 29.3 Å². The van der Waals surface area contributed by atoms with E-state index < -0.39 is 0 Å². The van der Waals surface area contributed by atoms with E-state index in [2.05, 4.69) is 22.5 Å². The van der Waals surface area contributed by atoms with Crippen molar-refractivity contribution in [2.45, 2.75) is 32.6 Å². The lowest BCUT2D eigenvalue weighted by Crippen LogP contribution is -2.42. The van der Waals surface area contributed by atoms with Crippen LogP contribution in [0.1, 0.15) is 31.7 Å². The largest absolute Gasteiger partial charge is 0.356 e. The second-order valence-electron chi connectivity index (χ2n) is 6.60. The SMILES string of the molecule is CN=C(NCCC(=O)N1CCCC(C)C1)NCCc1ccccc1F. The number of amides is 1. The number of piperidine rings is 1. The number of halogens is 1. The molecule has 1 atom stereocenters. The molecule has 2 N–H and O–H groups in total. The lowest BCUT2D eigenvalue weighted by Gasteiger charge is -2.31. The number of rotatable bonds is 6. The molecule has 5 nitrogen and oxygen atoms in total. The van der Waals surface area contributed by atoms with Crippen LogP contribution in [0, 0.1) is 11.7 Å². The van der Waals surface area contributed by atoms with Crippen molar-refractivity contribution < 1.29 is 9.18 Å². The highest BCUT2D eigenvalue weighted by atomic mass is 19.1. The Balaban J connectivity index is 1.66. The minimum absolute atomic E-state index is 0.186. The number of nitrogens with one attached hydrogen (secondary N) is 2. The molecule has 0 aromatic heterocycles. The summed E-state index contributed by atoms with van der Waals surface area (Å²) in [5.41, 5.74) is 0.680. The zero-order valence-electron chi connectivity index (χ0n) is 15.2. The third kappa shape index (κ3) is 6.36. The lowest BCUT2D eigenvalue weighted by molar-refractivity contribution is -0.132. The molecule has 1 aliphatic heterocycles. The predicted octanol–water partition coefficient (Wildman–Crippen LogP) is 2.18. The van der Waals surface area contributed by atoms with Crippen LogP contribution in [0.4, 0.5) is 4.39 Å². The molecule has 0 spiro atoms. The van der Waals surface area contributed by atoms with Gasteiger partial charge in [-0.1, -0.05) is 25.1 Å². The summed E-state index contributed by atoms with van der Waals surface area (Å²) < 4.78 is 13.6. The number of nitrogens with zero attached hydrogens (tertiary/aromatic N) is 2. The van der Waals surface area contributed by atoms with Gasteiger partial charge < -0.3 is 15.5 Å². The van der Waals surface area contributed by atoms with Crippen molar-refractivity contribution in [3.63, 3.8) is 0 Å². The molecule has 1 fully saturated rings. The zero-order valence-corrected chi connectivity index (χ0v) is 15.2. The molecule has 1 amide bonds. The summed E-state index contributed by atoms with van der Waals surface area (Å²) in [6.45, 7) is 5.06. The Hall–Kier alpha value is -2.11. The van der Waals surface area contributed by atoms with E-state index in [0.29, 0.717) is 43.4 Å². The first-order valence-corrected chi connectivity index (χ1v) is 9.06. The Morgan fingerprint density at radius 1 is 1.32 bits per heavy atom. The third-order valence-corrected chi connectivity index (χ3v) is 4.51. The Labute approximate surface area is 149 Å². The van der Waals surface area contributed by atoms with E-state index in [1.165, 1.54) is 12.5 Å². The average Bonchev–Trinajstić information content (AvgIpc) is 2.61. The van der Waals surface area contributed by atoms with E-state index >= 15 is 0 Å². The summed E-state index contributed by atoms with van der Waals surface area (Å²) >= 11 is 0. The van der Waals surface area contributed by atoms with E-state index in [4.69, 9.17) is 0 Å². The second kappa shape index (κ2) is 10.0. The molecule has 2 rings (SSSR count). The molecule has 138 valence electrons. The number of hydrogen-bond donors (Lipinski definition) is 2. The maximum Gasteiger partial charge on any atom is 0.224 e. The number of carbonyl (C=O) groups excluding carboxylic acids is 1. The molecule has 1 aliphatic rings. The summed E-state index contributed by atoms with van der Waals surface area (Å²) in [5, 5.41) is 6.30. The predicted molar refractivity (Wildman–Crippen MR) is 99.1 cm³/mol. The van der Waals surface area contributed by atoms with Crippen molar-refractivity contribution in [1.29, 1.82) is 0 Å². The minimum Gasteiger partial charge on any atom is -0.356 e. The standard InChI is InChI=1S/C19H29FN4O/c1-15-6-5-13-24(14-15)18(25)10-12-23-19(21-2)22-11-9-16-7-3-4-8-17(16)20/h3-4,7-8,15H,5-6,9-14H2,1-2H3,(H2,21,22,23). The quantitative estimate of drug-likeness (QED) is 0.612. The summed E-state index contributed by atoms with van der Waals surface area (Å²) in [7, 11) is 1.69. The lowest BCUT2D eigenvalue weighted by atomic mass is 10.00. The number of benzene rings is 1. The van der Waals surface area contributed by atoms with E-state index in [-0.39, 0.29) is 11.7 Å². The summed E-state index contributed by atoms with van der Waals surface area (Å²) in [6.07, 6.45) is 3.35. The third-order valence-electron chi connectivity index (χ3n) is 4.51. The van der Waals surface area contributed by atoms with E-state index in [1.54, 1.807) is 19.2 Å². The smallest absolute Gasteiger partial charge is 0.224 e. The van der Waals surface area contributed by atoms with Gasteiger partial charge in [0.1, 0.15) is 5.82 Å². The van der Waals surface area contributed by atoms with Crippen molar-refractivity contribution in [2.75, 3.05) is 33.2 Å². The molecular weight excluding hydrogens is 319 g/mol. The normalized spacial score (nSPS) is 18.1. The molecule has 0 bridgehead atoms. The van der Waals surface area contributed by atoms with Gasteiger partial charge in [0.15, 0.2) is 5.96 Å². The number of guanidine groups is 1. The number of aliphatic imine (C=N–C) groups is 1. The van der Waals surface area contributed by atoms with Crippen LogP contribution in [0.3, 0.4) is 0 Å². The van der Waals surface area contributed by atoms with Crippen molar-refractivity contribution >= 4 is 11.9 Å². The first-order chi connectivity index (χ1) is 12.1. The van der Waals surface area contributed by atoms with Crippen molar-refractivity contribution in [1.82, 2.24) is 15.5 Å². The second-order valence-corrected chi connectivity index (χ2v) is 6.60. The topological polar surface area (TPSA) is 56.7 Å². The number of likely N-dealkylation sites (tertiary alicyclic amines) is 1. The Kier molecular flexibility index (Phi) is 7.70. The van der Waals surface area contributed by atoms with E-state index in [0.717, 1.165) is 19.5 Å². The first-order valence-electron chi connectivity index (χ1n) is 9.06. The number of hydrogen-bond acceptors (Lipinski definition) is 2. The molecule has 1 aromatic carbocycles. The fourth-order valence-corrected chi connectivity index (χ4v) is 3.10. The number of carbonyl (C=O) groups is 1. The van der Waals surface area contributed by atoms with Crippen LogP contribution in [0.25, 0.3) is 0 Å². The van der Waals surface area contributed by atoms with Gasteiger partial charge in [-0.25, -0.2) is 4.39 Å². The van der Waals surface area contributed by atoms with Crippen LogP contribution >= 0.6 is 0 Å². The van der Waals surface area contributed by atoms with Gasteiger partial charge in [-0.15, -0.1) is 0 Å². The highest BCUT2D eigenvalue weighted by Gasteiger charge is 2.20. The average molecular weight is 348 g/mol. The fraction of sp³-hybridized carbons (Fsp3) is 0.579. The highest BCUT2D eigenvalue weighted by molar-refractivity contribution is 5.81. The fourth-order valence-electron chi connectivity index (χ4n) is 3.10. The van der Waals surface area contributed by atoms with Crippen molar-refractivity contribution in [3.05, 3.63) is 35.6 Å². The summed E-state index contributed by atoms with van der Waals surface area (Å²) in [5.74, 6) is 1.24. The van der Waals surface area contributed by atoms with Crippen molar-refractivity contribution in [3.8, 4) is 0 Å². The molecule has 0 radical (unpaired) electrons. The van der Waals surface area contributed by atoms with Gasteiger partial charge in [0.05, 0.1) is 0 Å². The van der Waals surface area contributed by atoms with Crippen molar-refractivity contribution in [2.24, 2.45) is 10.9 Å². The Morgan fingerprint density at radius 3 is 2.80 bits per heavy atom. The molecule has 1 heterocycles. The molecule has 0 aliphatic carbocycles. The van der Waals surface area contributed by atoms with Gasteiger partial charge >= 0.3 is 0 Å². The van der Waals surface area contributed by atoms with Gasteiger partial charge in [-0.05, 0) is 36.8 Å². The molecule has 1 aromatic rings.